The van der Waals surface area contributed by atoms with Crippen LogP contribution in [0.3, 0.4) is 0 Å². The van der Waals surface area contributed by atoms with Crippen LogP contribution >= 0.6 is 23.2 Å². The second-order valence-corrected chi connectivity index (χ2v) is 5.79. The molecule has 1 amide bonds. The molecule has 0 spiro atoms. The van der Waals surface area contributed by atoms with Crippen molar-refractivity contribution in [2.45, 2.75) is 6.54 Å². The lowest BCUT2D eigenvalue weighted by molar-refractivity contribution is 0.101. The third-order valence-electron chi connectivity index (χ3n) is 3.23. The van der Waals surface area contributed by atoms with Crippen LogP contribution in [0.4, 0.5) is 5.82 Å². The molecule has 2 aromatic heterocycles. The summed E-state index contributed by atoms with van der Waals surface area (Å²) in [6, 6.07) is 9.25. The van der Waals surface area contributed by atoms with Gasteiger partial charge in [0.25, 0.3) is 5.91 Å². The first-order valence-corrected chi connectivity index (χ1v) is 7.55. The molecule has 6 nitrogen and oxygen atoms in total. The average Bonchev–Trinajstić information content (AvgIpc) is 3.06. The molecular formula is C15H13Cl2N5O. The van der Waals surface area contributed by atoms with Gasteiger partial charge < -0.3 is 5.32 Å². The standard InChI is InChI=1S/C15H13Cl2N5O/c1-21-14(12(17)8-18-21)15(23)19-13-5-6-22(20-13)9-10-3-2-4-11(16)7-10/h2-8H,9H2,1H3,(H,19,20,23). The van der Waals surface area contributed by atoms with E-state index in [2.05, 4.69) is 15.5 Å². The molecule has 118 valence electrons. The van der Waals surface area contributed by atoms with E-state index < -0.39 is 0 Å². The van der Waals surface area contributed by atoms with Gasteiger partial charge in [-0.15, -0.1) is 0 Å². The van der Waals surface area contributed by atoms with Gasteiger partial charge in [0.2, 0.25) is 0 Å². The van der Waals surface area contributed by atoms with E-state index in [0.29, 0.717) is 22.4 Å². The van der Waals surface area contributed by atoms with Crippen LogP contribution in [0.1, 0.15) is 16.1 Å². The molecule has 3 rings (SSSR count). The molecule has 0 radical (unpaired) electrons. The van der Waals surface area contributed by atoms with Crippen LogP contribution in [-0.4, -0.2) is 25.5 Å². The van der Waals surface area contributed by atoms with Crippen molar-refractivity contribution in [1.29, 1.82) is 0 Å². The van der Waals surface area contributed by atoms with Crippen molar-refractivity contribution in [3.8, 4) is 0 Å². The molecule has 0 aliphatic carbocycles. The zero-order valence-electron chi connectivity index (χ0n) is 12.2. The van der Waals surface area contributed by atoms with E-state index in [9.17, 15) is 4.79 Å². The number of nitrogens with one attached hydrogen (secondary N) is 1. The topological polar surface area (TPSA) is 64.7 Å². The summed E-state index contributed by atoms with van der Waals surface area (Å²) >= 11 is 11.9. The van der Waals surface area contributed by atoms with Crippen LogP contribution in [0.15, 0.2) is 42.7 Å². The maximum absolute atomic E-state index is 12.2. The molecule has 0 saturated carbocycles. The second kappa shape index (κ2) is 6.44. The Hall–Kier alpha value is -2.31. The van der Waals surface area contributed by atoms with Crippen molar-refractivity contribution in [3.05, 3.63) is 64.0 Å². The van der Waals surface area contributed by atoms with Gasteiger partial charge in [-0.3, -0.25) is 14.2 Å². The van der Waals surface area contributed by atoms with E-state index in [1.165, 1.54) is 10.9 Å². The van der Waals surface area contributed by atoms with E-state index in [1.807, 2.05) is 24.3 Å². The number of anilines is 1. The monoisotopic (exact) mass is 349 g/mol. The largest absolute Gasteiger partial charge is 0.304 e. The highest BCUT2D eigenvalue weighted by Gasteiger charge is 2.16. The Kier molecular flexibility index (Phi) is 4.36. The van der Waals surface area contributed by atoms with Gasteiger partial charge in [0, 0.05) is 24.3 Å². The fourth-order valence-electron chi connectivity index (χ4n) is 2.18. The molecule has 23 heavy (non-hydrogen) atoms. The molecule has 0 unspecified atom stereocenters. The van der Waals surface area contributed by atoms with E-state index in [-0.39, 0.29) is 11.6 Å². The first-order valence-electron chi connectivity index (χ1n) is 6.79. The van der Waals surface area contributed by atoms with Gasteiger partial charge in [0.1, 0.15) is 5.69 Å². The maximum Gasteiger partial charge on any atom is 0.276 e. The average molecular weight is 350 g/mol. The molecule has 0 aliphatic heterocycles. The fourth-order valence-corrected chi connectivity index (χ4v) is 2.65. The van der Waals surface area contributed by atoms with Crippen LogP contribution in [0.5, 0.6) is 0 Å². The normalized spacial score (nSPS) is 10.7. The number of carbonyl (C=O) groups excluding carboxylic acids is 1. The van der Waals surface area contributed by atoms with Gasteiger partial charge in [-0.1, -0.05) is 35.3 Å². The van der Waals surface area contributed by atoms with E-state index in [0.717, 1.165) is 5.56 Å². The van der Waals surface area contributed by atoms with Gasteiger partial charge >= 0.3 is 0 Å². The molecule has 0 fully saturated rings. The minimum atomic E-state index is -0.358. The first-order chi connectivity index (χ1) is 11.0. The third kappa shape index (κ3) is 3.55. The summed E-state index contributed by atoms with van der Waals surface area (Å²) in [5.41, 5.74) is 1.31. The molecule has 0 saturated heterocycles. The molecule has 1 N–H and O–H groups in total. The Balaban J connectivity index is 1.71. The number of hydrogen-bond donors (Lipinski definition) is 1. The number of rotatable bonds is 4. The number of halogens is 2. The Labute approximate surface area is 142 Å². The van der Waals surface area contributed by atoms with Crippen LogP contribution in [0, 0.1) is 0 Å². The fraction of sp³-hybridized carbons (Fsp3) is 0.133. The van der Waals surface area contributed by atoms with Gasteiger partial charge in [0.15, 0.2) is 5.82 Å². The molecule has 1 aromatic carbocycles. The Morgan fingerprint density at radius 2 is 2.13 bits per heavy atom. The number of aromatic nitrogens is 4. The highest BCUT2D eigenvalue weighted by atomic mass is 35.5. The second-order valence-electron chi connectivity index (χ2n) is 4.95. The molecule has 0 aliphatic rings. The lowest BCUT2D eigenvalue weighted by Crippen LogP contribution is -2.17. The zero-order chi connectivity index (χ0) is 16.4. The third-order valence-corrected chi connectivity index (χ3v) is 3.74. The summed E-state index contributed by atoms with van der Waals surface area (Å²) in [4.78, 5) is 12.2. The number of carbonyl (C=O) groups is 1. The Morgan fingerprint density at radius 3 is 2.83 bits per heavy atom. The van der Waals surface area contributed by atoms with Gasteiger partial charge in [0.05, 0.1) is 17.8 Å². The number of hydrogen-bond acceptors (Lipinski definition) is 3. The lowest BCUT2D eigenvalue weighted by Gasteiger charge is -2.04. The summed E-state index contributed by atoms with van der Waals surface area (Å²) < 4.78 is 3.13. The van der Waals surface area contributed by atoms with Crippen LogP contribution in [-0.2, 0) is 13.6 Å². The van der Waals surface area contributed by atoms with Crippen LogP contribution in [0.2, 0.25) is 10.0 Å². The van der Waals surface area contributed by atoms with E-state index >= 15 is 0 Å². The Morgan fingerprint density at radius 1 is 1.30 bits per heavy atom. The molecule has 0 atom stereocenters. The van der Waals surface area contributed by atoms with Crippen molar-refractivity contribution in [3.63, 3.8) is 0 Å². The van der Waals surface area contributed by atoms with Crippen molar-refractivity contribution in [2.75, 3.05) is 5.32 Å². The minimum Gasteiger partial charge on any atom is -0.304 e. The van der Waals surface area contributed by atoms with Crippen molar-refractivity contribution >= 4 is 34.9 Å². The highest BCUT2D eigenvalue weighted by molar-refractivity contribution is 6.34. The minimum absolute atomic E-state index is 0.288. The summed E-state index contributed by atoms with van der Waals surface area (Å²) in [6.45, 7) is 0.558. The highest BCUT2D eigenvalue weighted by Crippen LogP contribution is 2.16. The molecule has 0 bridgehead atoms. The van der Waals surface area contributed by atoms with Gasteiger partial charge in [-0.25, -0.2) is 0 Å². The smallest absolute Gasteiger partial charge is 0.276 e. The lowest BCUT2D eigenvalue weighted by atomic mass is 10.2. The Bertz CT molecular complexity index is 836. The van der Waals surface area contributed by atoms with Gasteiger partial charge in [-0.2, -0.15) is 10.2 Å². The first kappa shape index (κ1) is 15.6. The van der Waals surface area contributed by atoms with Crippen molar-refractivity contribution in [1.82, 2.24) is 19.6 Å². The van der Waals surface area contributed by atoms with Crippen LogP contribution in [0.25, 0.3) is 0 Å². The van der Waals surface area contributed by atoms with Crippen molar-refractivity contribution in [2.24, 2.45) is 7.05 Å². The zero-order valence-corrected chi connectivity index (χ0v) is 13.7. The summed E-state index contributed by atoms with van der Waals surface area (Å²) in [6.07, 6.45) is 3.20. The SMILES string of the molecule is Cn1ncc(Cl)c1C(=O)Nc1ccn(Cc2cccc(Cl)c2)n1. The summed E-state index contributed by atoms with van der Waals surface area (Å²) in [5, 5.41) is 11.9. The molecule has 8 heteroatoms. The molecule has 3 aromatic rings. The van der Waals surface area contributed by atoms with E-state index in [4.69, 9.17) is 23.2 Å². The number of benzene rings is 1. The summed E-state index contributed by atoms with van der Waals surface area (Å²) in [7, 11) is 1.65. The molecular weight excluding hydrogens is 337 g/mol. The number of amides is 1. The maximum atomic E-state index is 12.2. The van der Waals surface area contributed by atoms with Crippen LogP contribution < -0.4 is 5.32 Å². The quantitative estimate of drug-likeness (QED) is 0.786. The molecule has 2 heterocycles. The number of nitrogens with zero attached hydrogens (tertiary/aromatic N) is 4. The predicted molar refractivity (Wildman–Crippen MR) is 89.0 cm³/mol. The van der Waals surface area contributed by atoms with Gasteiger partial charge in [-0.05, 0) is 17.7 Å². The van der Waals surface area contributed by atoms with E-state index in [1.54, 1.807) is 24.0 Å². The summed E-state index contributed by atoms with van der Waals surface area (Å²) in [5.74, 6) is 0.0808. The predicted octanol–water partition coefficient (Wildman–Crippen LogP) is 3.22. The number of aryl methyl sites for hydroxylation is 1. The van der Waals surface area contributed by atoms with Crippen molar-refractivity contribution < 1.29 is 4.79 Å².